The van der Waals surface area contributed by atoms with Crippen LogP contribution in [0.15, 0.2) is 42.5 Å². The number of nitro benzene ring substituents is 1. The molecule has 0 saturated carbocycles. The van der Waals surface area contributed by atoms with Crippen LogP contribution in [0.25, 0.3) is 0 Å². The van der Waals surface area contributed by atoms with Crippen molar-refractivity contribution in [1.29, 1.82) is 0 Å². The molecule has 2 aromatic carbocycles. The van der Waals surface area contributed by atoms with E-state index in [4.69, 9.17) is 11.6 Å². The summed E-state index contributed by atoms with van der Waals surface area (Å²) in [6.07, 6.45) is 0. The highest BCUT2D eigenvalue weighted by atomic mass is 35.5. The Labute approximate surface area is 157 Å². The van der Waals surface area contributed by atoms with Gasteiger partial charge in [0, 0.05) is 30.2 Å². The van der Waals surface area contributed by atoms with Gasteiger partial charge in [-0.15, -0.1) is 0 Å². The summed E-state index contributed by atoms with van der Waals surface area (Å²) in [5, 5.41) is 17.6. The van der Waals surface area contributed by atoms with Gasteiger partial charge in [0.1, 0.15) is 5.69 Å². The van der Waals surface area contributed by atoms with Crippen molar-refractivity contribution in [2.24, 2.45) is 0 Å². The molecule has 0 aliphatic heterocycles. The number of hydrogen-bond acceptors (Lipinski definition) is 5. The quantitative estimate of drug-likeness (QED) is 0.571. The second kappa shape index (κ2) is 8.64. The van der Waals surface area contributed by atoms with Crippen molar-refractivity contribution < 1.29 is 9.72 Å². The van der Waals surface area contributed by atoms with Crippen LogP contribution in [0.5, 0.6) is 0 Å². The second-order valence-electron chi connectivity index (χ2n) is 5.98. The van der Waals surface area contributed by atoms with E-state index >= 15 is 0 Å². The molecule has 0 aliphatic carbocycles. The first kappa shape index (κ1) is 19.7. The number of benzene rings is 2. The number of rotatable bonds is 7. The molecule has 0 radical (unpaired) electrons. The Morgan fingerprint density at radius 3 is 2.42 bits per heavy atom. The Balaban J connectivity index is 2.24. The molecule has 8 heteroatoms. The Hall–Kier alpha value is -2.64. The monoisotopic (exact) mass is 376 g/mol. The normalized spacial score (nSPS) is 11.9. The Bertz CT molecular complexity index is 794. The summed E-state index contributed by atoms with van der Waals surface area (Å²) in [5.41, 5.74) is 1.51. The molecule has 1 unspecified atom stereocenters. The van der Waals surface area contributed by atoms with Gasteiger partial charge in [-0.3, -0.25) is 14.9 Å². The van der Waals surface area contributed by atoms with Crippen LogP contribution in [0, 0.1) is 10.1 Å². The first-order valence-electron chi connectivity index (χ1n) is 7.99. The number of likely N-dealkylation sites (N-methyl/N-ethyl adjacent to an activating group) is 1. The predicted molar refractivity (Wildman–Crippen MR) is 103 cm³/mol. The predicted octanol–water partition coefficient (Wildman–Crippen LogP) is 3.32. The summed E-state index contributed by atoms with van der Waals surface area (Å²) in [7, 11) is 5.35. The van der Waals surface area contributed by atoms with Crippen LogP contribution in [0.3, 0.4) is 0 Å². The number of carbonyl (C=O) groups is 1. The summed E-state index contributed by atoms with van der Waals surface area (Å²) in [6.45, 7) is 0.453. The third-order valence-electron chi connectivity index (χ3n) is 4.05. The van der Waals surface area contributed by atoms with E-state index in [9.17, 15) is 14.9 Å². The highest BCUT2D eigenvalue weighted by molar-refractivity contribution is 6.30. The van der Waals surface area contributed by atoms with Crippen LogP contribution >= 0.6 is 11.6 Å². The number of nitrogens with one attached hydrogen (secondary N) is 2. The van der Waals surface area contributed by atoms with E-state index in [2.05, 4.69) is 10.6 Å². The summed E-state index contributed by atoms with van der Waals surface area (Å²) >= 11 is 5.94. The lowest BCUT2D eigenvalue weighted by atomic mass is 10.1. The Morgan fingerprint density at radius 1 is 1.23 bits per heavy atom. The van der Waals surface area contributed by atoms with Gasteiger partial charge >= 0.3 is 0 Å². The summed E-state index contributed by atoms with van der Waals surface area (Å²) in [4.78, 5) is 24.6. The van der Waals surface area contributed by atoms with Gasteiger partial charge in [-0.25, -0.2) is 0 Å². The van der Waals surface area contributed by atoms with Crippen LogP contribution < -0.4 is 10.6 Å². The molecule has 0 aliphatic rings. The molecule has 0 aromatic heterocycles. The molecule has 7 nitrogen and oxygen atoms in total. The largest absolute Gasteiger partial charge is 0.378 e. The molecule has 2 rings (SSSR count). The molecule has 0 fully saturated rings. The van der Waals surface area contributed by atoms with Gasteiger partial charge < -0.3 is 15.5 Å². The highest BCUT2D eigenvalue weighted by Crippen LogP contribution is 2.27. The molecule has 2 N–H and O–H groups in total. The smallest absolute Gasteiger partial charge is 0.293 e. The minimum Gasteiger partial charge on any atom is -0.378 e. The van der Waals surface area contributed by atoms with E-state index in [0.29, 0.717) is 17.3 Å². The number of hydrogen-bond donors (Lipinski definition) is 2. The number of amides is 1. The minimum atomic E-state index is -0.498. The number of anilines is 1. The van der Waals surface area contributed by atoms with Gasteiger partial charge in [0.2, 0.25) is 0 Å². The van der Waals surface area contributed by atoms with Crippen molar-refractivity contribution in [3.8, 4) is 0 Å². The molecule has 2 aromatic rings. The summed E-state index contributed by atoms with van der Waals surface area (Å²) in [6, 6.07) is 11.9. The van der Waals surface area contributed by atoms with Crippen molar-refractivity contribution in [3.05, 3.63) is 68.7 Å². The Kier molecular flexibility index (Phi) is 6.54. The van der Waals surface area contributed by atoms with E-state index in [0.717, 1.165) is 5.56 Å². The van der Waals surface area contributed by atoms with Crippen LogP contribution in [-0.2, 0) is 0 Å². The zero-order valence-electron chi connectivity index (χ0n) is 14.8. The van der Waals surface area contributed by atoms with Crippen LogP contribution in [0.1, 0.15) is 22.0 Å². The topological polar surface area (TPSA) is 87.5 Å². The average molecular weight is 377 g/mol. The molecule has 26 heavy (non-hydrogen) atoms. The van der Waals surface area contributed by atoms with Crippen molar-refractivity contribution in [2.75, 3.05) is 33.0 Å². The van der Waals surface area contributed by atoms with Gasteiger partial charge in [-0.05, 0) is 43.9 Å². The molecule has 0 saturated heterocycles. The van der Waals surface area contributed by atoms with Crippen molar-refractivity contribution in [2.45, 2.75) is 6.04 Å². The van der Waals surface area contributed by atoms with Gasteiger partial charge in [0.05, 0.1) is 11.0 Å². The SMILES string of the molecule is CNC(=O)c1ccc(NCC(c2ccc(Cl)cc2)N(C)C)c([N+](=O)[O-])c1. The van der Waals surface area contributed by atoms with E-state index < -0.39 is 4.92 Å². The maximum absolute atomic E-state index is 11.7. The molecular formula is C18H21ClN4O3. The van der Waals surface area contributed by atoms with E-state index in [1.54, 1.807) is 12.1 Å². The molecule has 1 amide bonds. The maximum Gasteiger partial charge on any atom is 0.293 e. The maximum atomic E-state index is 11.7. The fourth-order valence-corrected chi connectivity index (χ4v) is 2.73. The lowest BCUT2D eigenvalue weighted by Crippen LogP contribution is -2.27. The minimum absolute atomic E-state index is 0.00881. The van der Waals surface area contributed by atoms with E-state index in [1.165, 1.54) is 13.1 Å². The molecule has 0 heterocycles. The zero-order chi connectivity index (χ0) is 19.3. The van der Waals surface area contributed by atoms with Gasteiger partial charge in [0.15, 0.2) is 0 Å². The van der Waals surface area contributed by atoms with E-state index in [1.807, 2.05) is 43.3 Å². The fourth-order valence-electron chi connectivity index (χ4n) is 2.61. The molecule has 1 atom stereocenters. The molecule has 0 bridgehead atoms. The number of halogens is 1. The van der Waals surface area contributed by atoms with Crippen molar-refractivity contribution in [3.63, 3.8) is 0 Å². The first-order valence-corrected chi connectivity index (χ1v) is 8.37. The van der Waals surface area contributed by atoms with Gasteiger partial charge in [-0.1, -0.05) is 23.7 Å². The summed E-state index contributed by atoms with van der Waals surface area (Å²) in [5.74, 6) is -0.369. The van der Waals surface area contributed by atoms with Crippen LogP contribution in [-0.4, -0.2) is 43.4 Å². The fraction of sp³-hybridized carbons (Fsp3) is 0.278. The lowest BCUT2D eigenvalue weighted by Gasteiger charge is -2.25. The number of carbonyl (C=O) groups excluding carboxylic acids is 1. The van der Waals surface area contributed by atoms with Crippen molar-refractivity contribution in [1.82, 2.24) is 10.2 Å². The summed E-state index contributed by atoms with van der Waals surface area (Å²) < 4.78 is 0. The third kappa shape index (κ3) is 4.71. The zero-order valence-corrected chi connectivity index (χ0v) is 15.6. The molecule has 138 valence electrons. The van der Waals surface area contributed by atoms with Gasteiger partial charge in [0.25, 0.3) is 11.6 Å². The van der Waals surface area contributed by atoms with E-state index in [-0.39, 0.29) is 23.2 Å². The second-order valence-corrected chi connectivity index (χ2v) is 6.42. The number of nitro groups is 1. The molecular weight excluding hydrogens is 356 g/mol. The molecule has 0 spiro atoms. The Morgan fingerprint density at radius 2 is 1.88 bits per heavy atom. The highest BCUT2D eigenvalue weighted by Gasteiger charge is 2.20. The number of nitrogens with zero attached hydrogens (tertiary/aromatic N) is 2. The third-order valence-corrected chi connectivity index (χ3v) is 4.30. The van der Waals surface area contributed by atoms with Crippen molar-refractivity contribution >= 4 is 28.9 Å². The average Bonchev–Trinajstić information content (AvgIpc) is 2.62. The van der Waals surface area contributed by atoms with Crippen LogP contribution in [0.4, 0.5) is 11.4 Å². The van der Waals surface area contributed by atoms with Crippen LogP contribution in [0.2, 0.25) is 5.02 Å². The lowest BCUT2D eigenvalue weighted by molar-refractivity contribution is -0.384. The first-order chi connectivity index (χ1) is 12.3. The van der Waals surface area contributed by atoms with Gasteiger partial charge in [-0.2, -0.15) is 0 Å². The standard InChI is InChI=1S/C18H21ClN4O3/c1-20-18(24)13-6-9-15(16(10-13)23(25)26)21-11-17(22(2)3)12-4-7-14(19)8-5-12/h4-10,17,21H,11H2,1-3H3,(H,20,24).